The minimum absolute atomic E-state index is 0.104. The molecule has 0 aromatic heterocycles. The first-order valence-electron chi connectivity index (χ1n) is 8.58. The van der Waals surface area contributed by atoms with Gasteiger partial charge in [0.25, 0.3) is 0 Å². The summed E-state index contributed by atoms with van der Waals surface area (Å²) >= 11 is 0. The van der Waals surface area contributed by atoms with Crippen LogP contribution in [0, 0.1) is 23.1 Å². The highest BCUT2D eigenvalue weighted by Gasteiger charge is 2.44. The number of nitrogens with one attached hydrogen (secondary N) is 1. The average molecular weight is 335 g/mol. The van der Waals surface area contributed by atoms with E-state index >= 15 is 0 Å². The standard InChI is InChI=1S/C19H26FNO3/c1-13(2)9-15(17(22)23)12-21-18(24)19(7-4-8-19)11-14-5-3-6-16(20)10-14/h3,5-6,10,13,15H,4,7-9,11-12H2,1-2H3,(H,21,24)(H,22,23). The second kappa shape index (κ2) is 7.77. The molecule has 0 heterocycles. The minimum atomic E-state index is -0.878. The molecule has 1 unspecified atom stereocenters. The quantitative estimate of drug-likeness (QED) is 0.765. The van der Waals surface area contributed by atoms with Crippen LogP contribution in [-0.4, -0.2) is 23.5 Å². The Morgan fingerprint density at radius 1 is 1.33 bits per heavy atom. The van der Waals surface area contributed by atoms with Gasteiger partial charge in [-0.3, -0.25) is 9.59 Å². The molecule has 1 fully saturated rings. The molecule has 1 atom stereocenters. The van der Waals surface area contributed by atoms with Crippen molar-refractivity contribution in [3.63, 3.8) is 0 Å². The molecule has 0 spiro atoms. The number of carbonyl (C=O) groups is 2. The minimum Gasteiger partial charge on any atom is -0.481 e. The Balaban J connectivity index is 1.99. The van der Waals surface area contributed by atoms with E-state index in [9.17, 15) is 19.1 Å². The number of carboxylic acids is 1. The first-order valence-corrected chi connectivity index (χ1v) is 8.58. The van der Waals surface area contributed by atoms with Crippen LogP contribution in [0.4, 0.5) is 4.39 Å². The summed E-state index contributed by atoms with van der Waals surface area (Å²) in [4.78, 5) is 24.0. The first-order chi connectivity index (χ1) is 11.3. The Bertz CT molecular complexity index is 596. The Morgan fingerprint density at radius 2 is 2.04 bits per heavy atom. The van der Waals surface area contributed by atoms with Crippen molar-refractivity contribution in [2.45, 2.75) is 46.0 Å². The molecule has 1 amide bonds. The van der Waals surface area contributed by atoms with E-state index in [1.54, 1.807) is 6.07 Å². The van der Waals surface area contributed by atoms with Gasteiger partial charge in [-0.25, -0.2) is 4.39 Å². The highest BCUT2D eigenvalue weighted by molar-refractivity contribution is 5.84. The van der Waals surface area contributed by atoms with Gasteiger partial charge in [0.1, 0.15) is 5.82 Å². The summed E-state index contributed by atoms with van der Waals surface area (Å²) in [5.74, 6) is -1.59. The van der Waals surface area contributed by atoms with Gasteiger partial charge in [-0.2, -0.15) is 0 Å². The first kappa shape index (κ1) is 18.4. The summed E-state index contributed by atoms with van der Waals surface area (Å²) in [5.41, 5.74) is 0.288. The van der Waals surface area contributed by atoms with Crippen molar-refractivity contribution >= 4 is 11.9 Å². The lowest BCUT2D eigenvalue weighted by molar-refractivity contribution is -0.143. The molecule has 0 radical (unpaired) electrons. The van der Waals surface area contributed by atoms with Crippen LogP contribution < -0.4 is 5.32 Å². The number of halogens is 1. The summed E-state index contributed by atoms with van der Waals surface area (Å²) in [7, 11) is 0. The van der Waals surface area contributed by atoms with Crippen LogP contribution in [0.25, 0.3) is 0 Å². The Hall–Kier alpha value is -1.91. The van der Waals surface area contributed by atoms with E-state index in [0.29, 0.717) is 12.8 Å². The molecule has 24 heavy (non-hydrogen) atoms. The van der Waals surface area contributed by atoms with Gasteiger partial charge < -0.3 is 10.4 Å². The van der Waals surface area contributed by atoms with Crippen LogP contribution >= 0.6 is 0 Å². The number of hydrogen-bond acceptors (Lipinski definition) is 2. The second-order valence-electron chi connectivity index (χ2n) is 7.32. The van der Waals surface area contributed by atoms with Crippen molar-refractivity contribution in [3.8, 4) is 0 Å². The van der Waals surface area contributed by atoms with E-state index < -0.39 is 17.3 Å². The molecule has 0 aliphatic heterocycles. The molecule has 1 aromatic rings. The van der Waals surface area contributed by atoms with Gasteiger partial charge in [-0.1, -0.05) is 32.4 Å². The lowest BCUT2D eigenvalue weighted by Gasteiger charge is -2.40. The van der Waals surface area contributed by atoms with E-state index in [1.165, 1.54) is 12.1 Å². The molecular weight excluding hydrogens is 309 g/mol. The average Bonchev–Trinajstić information content (AvgIpc) is 2.46. The van der Waals surface area contributed by atoms with Crippen molar-refractivity contribution in [1.29, 1.82) is 0 Å². The smallest absolute Gasteiger partial charge is 0.308 e. The van der Waals surface area contributed by atoms with Gasteiger partial charge >= 0.3 is 5.97 Å². The summed E-state index contributed by atoms with van der Waals surface area (Å²) in [6.07, 6.45) is 3.52. The summed E-state index contributed by atoms with van der Waals surface area (Å²) < 4.78 is 13.4. The maximum absolute atomic E-state index is 13.4. The van der Waals surface area contributed by atoms with Crippen LogP contribution in [0.2, 0.25) is 0 Å². The van der Waals surface area contributed by atoms with Crippen molar-refractivity contribution < 1.29 is 19.1 Å². The van der Waals surface area contributed by atoms with E-state index in [-0.39, 0.29) is 24.2 Å². The van der Waals surface area contributed by atoms with Crippen molar-refractivity contribution in [1.82, 2.24) is 5.32 Å². The molecule has 2 rings (SSSR count). The maximum atomic E-state index is 13.4. The molecule has 1 aliphatic rings. The zero-order chi connectivity index (χ0) is 17.7. The number of aliphatic carboxylic acids is 1. The third-order valence-electron chi connectivity index (χ3n) is 4.84. The maximum Gasteiger partial charge on any atom is 0.308 e. The Kier molecular flexibility index (Phi) is 5.97. The molecule has 5 heteroatoms. The van der Waals surface area contributed by atoms with E-state index in [0.717, 1.165) is 24.8 Å². The van der Waals surface area contributed by atoms with Crippen molar-refractivity contribution in [2.75, 3.05) is 6.54 Å². The zero-order valence-corrected chi connectivity index (χ0v) is 14.3. The number of amides is 1. The molecule has 1 aliphatic carbocycles. The van der Waals surface area contributed by atoms with Crippen LogP contribution in [0.3, 0.4) is 0 Å². The number of carboxylic acid groups (broad SMARTS) is 1. The molecule has 0 bridgehead atoms. The molecule has 0 saturated heterocycles. The largest absolute Gasteiger partial charge is 0.481 e. The summed E-state index contributed by atoms with van der Waals surface area (Å²) in [5, 5.41) is 12.1. The lowest BCUT2D eigenvalue weighted by Crippen LogP contribution is -2.49. The van der Waals surface area contributed by atoms with Crippen molar-refractivity contribution in [3.05, 3.63) is 35.6 Å². The third kappa shape index (κ3) is 4.56. The number of carbonyl (C=O) groups excluding carboxylic acids is 1. The Labute approximate surface area is 142 Å². The fourth-order valence-corrected chi connectivity index (χ4v) is 3.37. The normalized spacial score (nSPS) is 17.2. The summed E-state index contributed by atoms with van der Waals surface area (Å²) in [6.45, 7) is 4.08. The van der Waals surface area contributed by atoms with E-state index in [2.05, 4.69) is 5.32 Å². The van der Waals surface area contributed by atoms with Gasteiger partial charge in [0.05, 0.1) is 11.3 Å². The van der Waals surface area contributed by atoms with Gasteiger partial charge in [0.2, 0.25) is 5.91 Å². The number of hydrogen-bond donors (Lipinski definition) is 2. The molecule has 4 nitrogen and oxygen atoms in total. The lowest BCUT2D eigenvalue weighted by atomic mass is 9.64. The molecule has 1 aromatic carbocycles. The van der Waals surface area contributed by atoms with Crippen LogP contribution in [0.5, 0.6) is 0 Å². The SMILES string of the molecule is CC(C)CC(CNC(=O)C1(Cc2cccc(F)c2)CCC1)C(=O)O. The molecule has 1 saturated carbocycles. The number of rotatable bonds is 8. The fourth-order valence-electron chi connectivity index (χ4n) is 3.37. The molecule has 132 valence electrons. The monoisotopic (exact) mass is 335 g/mol. The van der Waals surface area contributed by atoms with Gasteiger partial charge in [-0.05, 0) is 49.3 Å². The molecule has 2 N–H and O–H groups in total. The Morgan fingerprint density at radius 3 is 2.54 bits per heavy atom. The number of benzene rings is 1. The highest BCUT2D eigenvalue weighted by Crippen LogP contribution is 2.44. The third-order valence-corrected chi connectivity index (χ3v) is 4.84. The van der Waals surface area contributed by atoms with Crippen LogP contribution in [0.15, 0.2) is 24.3 Å². The van der Waals surface area contributed by atoms with E-state index in [1.807, 2.05) is 19.9 Å². The van der Waals surface area contributed by atoms with Gasteiger partial charge in [-0.15, -0.1) is 0 Å². The second-order valence-corrected chi connectivity index (χ2v) is 7.32. The van der Waals surface area contributed by atoms with Gasteiger partial charge in [0.15, 0.2) is 0 Å². The van der Waals surface area contributed by atoms with Gasteiger partial charge in [0, 0.05) is 6.54 Å². The van der Waals surface area contributed by atoms with Crippen LogP contribution in [-0.2, 0) is 16.0 Å². The topological polar surface area (TPSA) is 66.4 Å². The highest BCUT2D eigenvalue weighted by atomic mass is 19.1. The van der Waals surface area contributed by atoms with Crippen molar-refractivity contribution in [2.24, 2.45) is 17.3 Å². The zero-order valence-electron chi connectivity index (χ0n) is 14.3. The predicted molar refractivity (Wildman–Crippen MR) is 90.0 cm³/mol. The predicted octanol–water partition coefficient (Wildman–Crippen LogP) is 3.40. The van der Waals surface area contributed by atoms with E-state index in [4.69, 9.17) is 0 Å². The molecular formula is C19H26FNO3. The fraction of sp³-hybridized carbons (Fsp3) is 0.579. The summed E-state index contributed by atoms with van der Waals surface area (Å²) in [6, 6.07) is 6.33. The van der Waals surface area contributed by atoms with Crippen LogP contribution in [0.1, 0.15) is 45.1 Å².